The summed E-state index contributed by atoms with van der Waals surface area (Å²) in [7, 11) is 0. The first kappa shape index (κ1) is 12.9. The summed E-state index contributed by atoms with van der Waals surface area (Å²) in [5.41, 5.74) is 1.90. The van der Waals surface area contributed by atoms with Crippen LogP contribution >= 0.6 is 0 Å². The van der Waals surface area contributed by atoms with Gasteiger partial charge in [-0.1, -0.05) is 6.92 Å². The normalized spacial score (nSPS) is 19.3. The van der Waals surface area contributed by atoms with Gasteiger partial charge < -0.3 is 9.88 Å². The molecule has 0 unspecified atom stereocenters. The lowest BCUT2D eigenvalue weighted by atomic mass is 10.1. The summed E-state index contributed by atoms with van der Waals surface area (Å²) in [6.07, 6.45) is 2.87. The molecule has 2 heterocycles. The van der Waals surface area contributed by atoms with E-state index in [9.17, 15) is 9.59 Å². The summed E-state index contributed by atoms with van der Waals surface area (Å²) < 4.78 is 0. The molecule has 0 radical (unpaired) electrons. The molecule has 0 spiro atoms. The molecule has 0 aliphatic carbocycles. The van der Waals surface area contributed by atoms with Gasteiger partial charge in [-0.05, 0) is 44.7 Å². The molecule has 18 heavy (non-hydrogen) atoms. The number of H-pyrrole nitrogens is 1. The van der Waals surface area contributed by atoms with Crippen molar-refractivity contribution < 1.29 is 4.79 Å². The maximum absolute atomic E-state index is 12.4. The molecular formula is C14H20N2O2. The Hall–Kier alpha value is -1.58. The van der Waals surface area contributed by atoms with Gasteiger partial charge in [-0.15, -0.1) is 0 Å². The number of likely N-dealkylation sites (tertiary alicyclic amines) is 1. The number of carbonyl (C=O) groups excluding carboxylic acids is 1. The number of rotatable bonds is 2. The fraction of sp³-hybridized carbons (Fsp3) is 0.571. The van der Waals surface area contributed by atoms with E-state index in [0.29, 0.717) is 0 Å². The SMILES string of the molecule is CCc1cc(C(=O)N2CCC[C@H]2C)c(=O)[nH]c1C. The molecule has 2 rings (SSSR count). The maximum atomic E-state index is 12.4. The summed E-state index contributed by atoms with van der Waals surface area (Å²) in [6, 6.07) is 1.99. The lowest BCUT2D eigenvalue weighted by Crippen LogP contribution is -2.37. The van der Waals surface area contributed by atoms with E-state index in [-0.39, 0.29) is 23.1 Å². The number of nitrogens with zero attached hydrogens (tertiary/aromatic N) is 1. The predicted octanol–water partition coefficient (Wildman–Crippen LogP) is 1.87. The molecule has 1 aliphatic heterocycles. The van der Waals surface area contributed by atoms with Crippen molar-refractivity contribution in [3.05, 3.63) is 33.2 Å². The first-order valence-corrected chi connectivity index (χ1v) is 6.58. The summed E-state index contributed by atoms with van der Waals surface area (Å²) in [4.78, 5) is 28.9. The number of pyridine rings is 1. The largest absolute Gasteiger partial charge is 0.336 e. The number of amides is 1. The van der Waals surface area contributed by atoms with Crippen LogP contribution in [-0.4, -0.2) is 28.4 Å². The van der Waals surface area contributed by atoms with Crippen molar-refractivity contribution in [2.45, 2.75) is 46.1 Å². The zero-order valence-corrected chi connectivity index (χ0v) is 11.2. The minimum atomic E-state index is -0.270. The highest BCUT2D eigenvalue weighted by molar-refractivity contribution is 5.94. The van der Waals surface area contributed by atoms with Crippen LogP contribution < -0.4 is 5.56 Å². The van der Waals surface area contributed by atoms with E-state index in [4.69, 9.17) is 0 Å². The number of carbonyl (C=O) groups is 1. The van der Waals surface area contributed by atoms with Crippen LogP contribution in [0.15, 0.2) is 10.9 Å². The van der Waals surface area contributed by atoms with Crippen molar-refractivity contribution in [3.63, 3.8) is 0 Å². The third kappa shape index (κ3) is 2.19. The fourth-order valence-electron chi connectivity index (χ4n) is 2.58. The molecule has 0 aromatic carbocycles. The van der Waals surface area contributed by atoms with Crippen LogP contribution in [0.3, 0.4) is 0 Å². The average Bonchev–Trinajstić information content (AvgIpc) is 2.75. The zero-order valence-electron chi connectivity index (χ0n) is 11.2. The molecule has 1 N–H and O–H groups in total. The standard InChI is InChI=1S/C14H20N2O2/c1-4-11-8-12(13(17)15-10(11)3)14(18)16-7-5-6-9(16)2/h8-9H,4-7H2,1-3H3,(H,15,17)/t9-/m1/s1. The molecule has 0 saturated carbocycles. The van der Waals surface area contributed by atoms with E-state index in [1.54, 1.807) is 11.0 Å². The van der Waals surface area contributed by atoms with Gasteiger partial charge >= 0.3 is 0 Å². The summed E-state index contributed by atoms with van der Waals surface area (Å²) in [5, 5.41) is 0. The van der Waals surface area contributed by atoms with E-state index < -0.39 is 0 Å². The van der Waals surface area contributed by atoms with Crippen LogP contribution in [0.5, 0.6) is 0 Å². The Kier molecular flexibility index (Phi) is 3.55. The summed E-state index contributed by atoms with van der Waals surface area (Å²) in [6.45, 7) is 6.68. The Bertz CT molecular complexity index is 519. The third-order valence-electron chi connectivity index (χ3n) is 3.77. The van der Waals surface area contributed by atoms with Gasteiger partial charge in [0.05, 0.1) is 0 Å². The van der Waals surface area contributed by atoms with Gasteiger partial charge in [-0.3, -0.25) is 9.59 Å². The van der Waals surface area contributed by atoms with Crippen LogP contribution in [0.1, 0.15) is 48.3 Å². The number of aromatic nitrogens is 1. The zero-order chi connectivity index (χ0) is 13.3. The first-order chi connectivity index (χ1) is 8.54. The van der Waals surface area contributed by atoms with Gasteiger partial charge in [0.15, 0.2) is 0 Å². The van der Waals surface area contributed by atoms with Crippen LogP contribution in [0.4, 0.5) is 0 Å². The smallest absolute Gasteiger partial charge is 0.261 e. The topological polar surface area (TPSA) is 53.2 Å². The van der Waals surface area contributed by atoms with Crippen molar-refractivity contribution in [3.8, 4) is 0 Å². The van der Waals surface area contributed by atoms with E-state index in [2.05, 4.69) is 4.98 Å². The first-order valence-electron chi connectivity index (χ1n) is 6.58. The molecular weight excluding hydrogens is 228 g/mol. The second-order valence-corrected chi connectivity index (χ2v) is 5.01. The summed E-state index contributed by atoms with van der Waals surface area (Å²) >= 11 is 0. The molecule has 1 amide bonds. The number of aromatic amines is 1. The second-order valence-electron chi connectivity index (χ2n) is 5.01. The van der Waals surface area contributed by atoms with Gasteiger partial charge in [0, 0.05) is 18.3 Å². The molecule has 1 atom stereocenters. The van der Waals surface area contributed by atoms with Gasteiger partial charge in [-0.2, -0.15) is 0 Å². The molecule has 1 saturated heterocycles. The van der Waals surface area contributed by atoms with Crippen molar-refractivity contribution in [2.24, 2.45) is 0 Å². The lowest BCUT2D eigenvalue weighted by Gasteiger charge is -2.21. The Morgan fingerprint density at radius 2 is 2.28 bits per heavy atom. The van der Waals surface area contributed by atoms with Crippen molar-refractivity contribution in [1.82, 2.24) is 9.88 Å². The minimum Gasteiger partial charge on any atom is -0.336 e. The van der Waals surface area contributed by atoms with Crippen LogP contribution in [0.2, 0.25) is 0 Å². The monoisotopic (exact) mass is 248 g/mol. The Balaban J connectivity index is 2.38. The fourth-order valence-corrected chi connectivity index (χ4v) is 2.58. The van der Waals surface area contributed by atoms with Crippen molar-refractivity contribution in [2.75, 3.05) is 6.54 Å². The average molecular weight is 248 g/mol. The van der Waals surface area contributed by atoms with E-state index in [1.165, 1.54) is 0 Å². The van der Waals surface area contributed by atoms with Gasteiger partial charge in [0.1, 0.15) is 5.56 Å². The van der Waals surface area contributed by atoms with E-state index in [1.807, 2.05) is 20.8 Å². The van der Waals surface area contributed by atoms with Crippen LogP contribution in [0, 0.1) is 6.92 Å². The quantitative estimate of drug-likeness (QED) is 0.868. The predicted molar refractivity (Wildman–Crippen MR) is 70.9 cm³/mol. The third-order valence-corrected chi connectivity index (χ3v) is 3.77. The highest BCUT2D eigenvalue weighted by Crippen LogP contribution is 2.19. The maximum Gasteiger partial charge on any atom is 0.261 e. The molecule has 4 nitrogen and oxygen atoms in total. The number of nitrogens with one attached hydrogen (secondary N) is 1. The second kappa shape index (κ2) is 4.96. The number of hydrogen-bond acceptors (Lipinski definition) is 2. The van der Waals surface area contributed by atoms with Gasteiger partial charge in [-0.25, -0.2) is 0 Å². The highest BCUT2D eigenvalue weighted by Gasteiger charge is 2.27. The Labute approximate surface area is 107 Å². The molecule has 0 bridgehead atoms. The van der Waals surface area contributed by atoms with Gasteiger partial charge in [0.25, 0.3) is 11.5 Å². The van der Waals surface area contributed by atoms with Crippen LogP contribution in [0.25, 0.3) is 0 Å². The Morgan fingerprint density at radius 3 is 2.83 bits per heavy atom. The van der Waals surface area contributed by atoms with Gasteiger partial charge in [0.2, 0.25) is 0 Å². The lowest BCUT2D eigenvalue weighted by molar-refractivity contribution is 0.0745. The van der Waals surface area contributed by atoms with Crippen LogP contribution in [-0.2, 0) is 6.42 Å². The number of aryl methyl sites for hydroxylation is 2. The molecule has 1 aromatic heterocycles. The van der Waals surface area contributed by atoms with E-state index in [0.717, 1.165) is 37.1 Å². The van der Waals surface area contributed by atoms with E-state index >= 15 is 0 Å². The summed E-state index contributed by atoms with van der Waals surface area (Å²) in [5.74, 6) is -0.129. The van der Waals surface area contributed by atoms with Crippen molar-refractivity contribution >= 4 is 5.91 Å². The molecule has 4 heteroatoms. The highest BCUT2D eigenvalue weighted by atomic mass is 16.2. The minimum absolute atomic E-state index is 0.129. The number of hydrogen-bond donors (Lipinski definition) is 1. The molecule has 1 fully saturated rings. The molecule has 1 aliphatic rings. The van der Waals surface area contributed by atoms with Crippen molar-refractivity contribution in [1.29, 1.82) is 0 Å². The Morgan fingerprint density at radius 1 is 1.56 bits per heavy atom. The molecule has 1 aromatic rings. The molecule has 98 valence electrons.